The highest BCUT2D eigenvalue weighted by molar-refractivity contribution is 9.10. The van der Waals surface area contributed by atoms with Gasteiger partial charge in [-0.15, -0.1) is 0 Å². The highest BCUT2D eigenvalue weighted by atomic mass is 79.9. The lowest BCUT2D eigenvalue weighted by atomic mass is 9.82. The Kier molecular flexibility index (Phi) is 36.0. The van der Waals surface area contributed by atoms with Crippen LogP contribution in [0.3, 0.4) is 0 Å². The zero-order valence-corrected chi connectivity index (χ0v) is 70.4. The minimum absolute atomic E-state index is 0.0667. The Labute approximate surface area is 694 Å². The largest absolute Gasteiger partial charge is 0.460 e. The Morgan fingerprint density at radius 1 is 0.422 bits per heavy atom. The molecule has 0 amide bonds. The van der Waals surface area contributed by atoms with Crippen LogP contribution in [0.2, 0.25) is 5.28 Å². The van der Waals surface area contributed by atoms with Gasteiger partial charge in [-0.3, -0.25) is 9.59 Å². The molecule has 0 unspecified atom stereocenters. The van der Waals surface area contributed by atoms with Crippen molar-refractivity contribution in [3.05, 3.63) is 132 Å². The summed E-state index contributed by atoms with van der Waals surface area (Å²) in [6.45, 7) is 18.2. The number of nitrogens with zero attached hydrogens (tertiary/aromatic N) is 16. The second-order valence-electron chi connectivity index (χ2n) is 32.6. The summed E-state index contributed by atoms with van der Waals surface area (Å²) in [6, 6.07) is 20.4. The molecule has 9 heterocycles. The standard InChI is InChI=1S/C21H26N6O2.C16H25N3O2.C12H23NO2.C10H10BrN3O2.2C10H16N4.C4H3ClN2/c1-6-22-21(23-7-1)24-17-4-2-15(3-5-17)12-16-13-18(27-8-10-28-11-9-27)14-19-20(16)26-29-25-19;1-16(2,3)21-14(20)11-12-5-7-13(8-6-12)19-15-17-9-4-10-18-15;1-12(2,3)15-11(14)8-9-4-6-10(13)7-5-9;11-8-5-7(14-1-3-15-4-2-14)6-9-10(8)13-16-12-9;2*11-8-2-4-9(5-3-8)14-10-12-6-1-7-13-10;5-4-6-2-1-3-7-4/h1,6-7,13-15,17H,2-5,8-12H2,(H,22,23,24);4,9-10,12-13H,5-8,11H2,1-3H3,(H,17,18,19);9-10H,4-8,13H2,1-3H3;5-6H,1-4H2;2*1,6-9H,2-5,11H2,(H,12,13,14);1-3H. The molecule has 9 aromatic rings. The van der Waals surface area contributed by atoms with E-state index in [1.807, 2.05) is 77.9 Å². The topological polar surface area (TPSA) is 410 Å². The summed E-state index contributed by atoms with van der Waals surface area (Å²) in [5.41, 5.74) is 23.6. The highest BCUT2D eigenvalue weighted by Crippen LogP contribution is 2.35. The van der Waals surface area contributed by atoms with Crippen LogP contribution < -0.4 is 48.3 Å². The van der Waals surface area contributed by atoms with Gasteiger partial charge in [0.25, 0.3) is 0 Å². The molecular weight excluding hydrogens is 1560 g/mol. The molecular formula is C83H119BrClN23O8. The first-order valence-corrected chi connectivity index (χ1v) is 42.3. The second kappa shape index (κ2) is 46.8. The molecule has 0 radical (unpaired) electrons. The summed E-state index contributed by atoms with van der Waals surface area (Å²) >= 11 is 8.79. The average molecular weight is 1680 g/mol. The molecule has 0 atom stereocenters. The van der Waals surface area contributed by atoms with Crippen LogP contribution in [0.15, 0.2) is 130 Å². The van der Waals surface area contributed by atoms with Crippen molar-refractivity contribution < 1.29 is 37.8 Å². The van der Waals surface area contributed by atoms with Crippen molar-refractivity contribution in [2.24, 2.45) is 35.0 Å². The van der Waals surface area contributed by atoms with Crippen LogP contribution in [-0.2, 0) is 35.0 Å². The average Bonchev–Trinajstić information content (AvgIpc) is 1.51. The van der Waals surface area contributed by atoms with Crippen LogP contribution in [0.1, 0.15) is 188 Å². The minimum atomic E-state index is -0.388. The van der Waals surface area contributed by atoms with Gasteiger partial charge < -0.3 is 67.2 Å². The van der Waals surface area contributed by atoms with Crippen molar-refractivity contribution >= 4 is 96.7 Å². The van der Waals surface area contributed by atoms with Crippen LogP contribution in [0.5, 0.6) is 0 Å². The summed E-state index contributed by atoms with van der Waals surface area (Å²) < 4.78 is 32.2. The summed E-state index contributed by atoms with van der Waals surface area (Å²) in [6.07, 6.45) is 41.3. The van der Waals surface area contributed by atoms with Crippen LogP contribution in [-0.4, -0.2) is 189 Å². The maximum absolute atomic E-state index is 11.8. The van der Waals surface area contributed by atoms with Crippen molar-refractivity contribution in [3.63, 3.8) is 0 Å². The summed E-state index contributed by atoms with van der Waals surface area (Å²) in [5.74, 6) is 4.30. The molecule has 0 bridgehead atoms. The number of carbonyl (C=O) groups is 2. The normalized spacial score (nSPS) is 22.8. The molecule has 16 rings (SSSR count). The van der Waals surface area contributed by atoms with E-state index in [2.05, 4.69) is 130 Å². The number of benzene rings is 2. The van der Waals surface area contributed by atoms with E-state index in [0.29, 0.717) is 84.1 Å². The van der Waals surface area contributed by atoms with Gasteiger partial charge in [0.2, 0.25) is 29.1 Å². The van der Waals surface area contributed by atoms with E-state index in [9.17, 15) is 9.59 Å². The Hall–Kier alpha value is -9.05. The molecule has 5 saturated carbocycles. The maximum Gasteiger partial charge on any atom is 0.306 e. The fourth-order valence-corrected chi connectivity index (χ4v) is 15.6. The van der Waals surface area contributed by atoms with Gasteiger partial charge in [-0.1, -0.05) is 0 Å². The maximum atomic E-state index is 11.8. The molecule has 0 spiro atoms. The van der Waals surface area contributed by atoms with Crippen LogP contribution in [0, 0.1) is 17.8 Å². The summed E-state index contributed by atoms with van der Waals surface area (Å²) in [5, 5.41) is 29.8. The third-order valence-electron chi connectivity index (χ3n) is 21.0. The number of ether oxygens (including phenoxy) is 4. The first-order valence-electron chi connectivity index (χ1n) is 41.2. The first kappa shape index (κ1) is 89.3. The van der Waals surface area contributed by atoms with E-state index in [0.717, 1.165) is 225 Å². The fraction of sp³-hybridized carbons (Fsp3) is 0.590. The number of anilines is 6. The van der Waals surface area contributed by atoms with Gasteiger partial charge in [-0.25, -0.2) is 59.1 Å². The molecule has 5 aliphatic carbocycles. The van der Waals surface area contributed by atoms with E-state index in [1.54, 1.807) is 68.0 Å². The number of nitrogens with one attached hydrogen (secondary N) is 4. The number of halogens is 2. The van der Waals surface area contributed by atoms with Gasteiger partial charge in [-0.05, 0) is 302 Å². The van der Waals surface area contributed by atoms with Gasteiger partial charge in [0.05, 0.1) is 30.9 Å². The molecule has 33 heteroatoms. The third kappa shape index (κ3) is 32.4. The fourth-order valence-electron chi connectivity index (χ4n) is 14.9. The van der Waals surface area contributed by atoms with Gasteiger partial charge in [0.1, 0.15) is 33.3 Å². The number of rotatable bonds is 16. The van der Waals surface area contributed by atoms with Gasteiger partial charge in [0.15, 0.2) is 0 Å². The molecule has 2 saturated heterocycles. The Balaban J connectivity index is 0.000000147. The molecule has 116 heavy (non-hydrogen) atoms. The van der Waals surface area contributed by atoms with E-state index in [-0.39, 0.29) is 23.1 Å². The minimum Gasteiger partial charge on any atom is -0.460 e. The SMILES string of the molecule is Brc1cc(N2CCOCC2)cc2nonc12.CC(C)(C)OC(=O)CC1CCC(N)CC1.CC(C)(C)OC(=O)CC1CCC(Nc2ncccn2)CC1.Clc1ncccn1.NC1CCC(Nc2ncccn2)CC1.NC1CCC(Nc2ncccn2)CC1.c1cnc(NC2CCC(Cc3cc(N4CCOCC4)cc4nonc34)CC2)nc1. The predicted molar refractivity (Wildman–Crippen MR) is 454 cm³/mol. The number of hydrogen-bond donors (Lipinski definition) is 7. The number of esters is 2. The van der Waals surface area contributed by atoms with Crippen LogP contribution >= 0.6 is 27.5 Å². The number of hydrogen-bond acceptors (Lipinski definition) is 31. The number of nitrogens with two attached hydrogens (primary N) is 3. The molecule has 7 aromatic heterocycles. The Morgan fingerprint density at radius 2 is 0.724 bits per heavy atom. The van der Waals surface area contributed by atoms with Gasteiger partial charge >= 0.3 is 11.9 Å². The molecule has 7 fully saturated rings. The van der Waals surface area contributed by atoms with E-state index >= 15 is 0 Å². The number of fused-ring (bicyclic) bond motifs is 2. The van der Waals surface area contributed by atoms with Crippen molar-refractivity contribution in [2.75, 3.05) is 83.7 Å². The lowest BCUT2D eigenvalue weighted by Crippen LogP contribution is -2.36. The molecule has 2 aromatic carbocycles. The second-order valence-corrected chi connectivity index (χ2v) is 33.8. The molecule has 31 nitrogen and oxygen atoms in total. The van der Waals surface area contributed by atoms with Crippen molar-refractivity contribution in [1.82, 2.24) is 70.5 Å². The monoisotopic (exact) mass is 1680 g/mol. The molecule has 628 valence electrons. The zero-order valence-electron chi connectivity index (χ0n) is 68.1. The molecule has 2 aliphatic heterocycles. The van der Waals surface area contributed by atoms with Crippen molar-refractivity contribution in [3.8, 4) is 0 Å². The smallest absolute Gasteiger partial charge is 0.306 e. The summed E-state index contributed by atoms with van der Waals surface area (Å²) in [7, 11) is 0. The zero-order chi connectivity index (χ0) is 81.9. The number of morpholine rings is 2. The van der Waals surface area contributed by atoms with Crippen molar-refractivity contribution in [1.29, 1.82) is 0 Å². The molecule has 7 aliphatic rings. The molecule has 10 N–H and O–H groups in total. The predicted octanol–water partition coefficient (Wildman–Crippen LogP) is 13.7. The van der Waals surface area contributed by atoms with Crippen LogP contribution in [0.4, 0.5) is 35.2 Å². The van der Waals surface area contributed by atoms with E-state index < -0.39 is 0 Å². The first-order chi connectivity index (χ1) is 56.1. The van der Waals surface area contributed by atoms with E-state index in [1.165, 1.54) is 24.1 Å². The summed E-state index contributed by atoms with van der Waals surface area (Å²) in [4.78, 5) is 68.8. The van der Waals surface area contributed by atoms with Gasteiger partial charge in [-0.2, -0.15) is 0 Å². The van der Waals surface area contributed by atoms with Gasteiger partial charge in [0, 0.05) is 155 Å². The Bertz CT molecular complexity index is 4170. The number of aromatic nitrogens is 14. The number of carbonyl (C=O) groups excluding carboxylic acids is 2. The lowest BCUT2D eigenvalue weighted by molar-refractivity contribution is -0.157. The Morgan fingerprint density at radius 3 is 1.07 bits per heavy atom. The lowest BCUT2D eigenvalue weighted by Gasteiger charge is -2.30. The third-order valence-corrected chi connectivity index (χ3v) is 21.8. The van der Waals surface area contributed by atoms with Crippen molar-refractivity contribution in [2.45, 2.75) is 243 Å². The van der Waals surface area contributed by atoms with E-state index in [4.69, 9.17) is 57.0 Å². The highest BCUT2D eigenvalue weighted by Gasteiger charge is 2.29. The quantitative estimate of drug-likeness (QED) is 0.0349. The van der Waals surface area contributed by atoms with Crippen LogP contribution in [0.25, 0.3) is 22.1 Å².